The third-order valence-electron chi connectivity index (χ3n) is 3.20. The molecule has 1 aliphatic rings. The molecule has 0 heterocycles. The Morgan fingerprint density at radius 2 is 1.71 bits per heavy atom. The summed E-state index contributed by atoms with van der Waals surface area (Å²) < 4.78 is 0. The number of benzene rings is 1. The van der Waals surface area contributed by atoms with Gasteiger partial charge in [-0.1, -0.05) is 17.2 Å². The number of hydrogen-bond acceptors (Lipinski definition) is 1. The van der Waals surface area contributed by atoms with E-state index >= 15 is 0 Å². The Kier molecular flexibility index (Phi) is 3.23. The van der Waals surface area contributed by atoms with Crippen LogP contribution in [-0.4, -0.2) is 22.9 Å². The second kappa shape index (κ2) is 4.52. The van der Waals surface area contributed by atoms with E-state index in [4.69, 9.17) is 0 Å². The minimum Gasteiger partial charge on any atom is -0.333 e. The molecule has 17 heavy (non-hydrogen) atoms. The standard InChI is InChI=1S/C15H21NO/c1-10(2)16(14-5-6-14)15(17)13-8-11(3)7-12(4)9-13/h7-10,14H,5-6H2,1-4H3. The molecule has 0 N–H and O–H groups in total. The predicted molar refractivity (Wildman–Crippen MR) is 70.2 cm³/mol. The third-order valence-corrected chi connectivity index (χ3v) is 3.20. The Morgan fingerprint density at radius 3 is 2.12 bits per heavy atom. The topological polar surface area (TPSA) is 20.3 Å². The Balaban J connectivity index is 2.28. The van der Waals surface area contributed by atoms with Crippen LogP contribution >= 0.6 is 0 Å². The van der Waals surface area contributed by atoms with E-state index in [-0.39, 0.29) is 11.9 Å². The highest BCUT2D eigenvalue weighted by Crippen LogP contribution is 2.30. The molecule has 0 aromatic heterocycles. The van der Waals surface area contributed by atoms with Gasteiger partial charge >= 0.3 is 0 Å². The largest absolute Gasteiger partial charge is 0.333 e. The summed E-state index contributed by atoms with van der Waals surface area (Å²) >= 11 is 0. The van der Waals surface area contributed by atoms with Crippen LogP contribution in [-0.2, 0) is 0 Å². The lowest BCUT2D eigenvalue weighted by Gasteiger charge is -2.27. The molecule has 1 aliphatic carbocycles. The van der Waals surface area contributed by atoms with Crippen LogP contribution in [0.15, 0.2) is 18.2 Å². The lowest BCUT2D eigenvalue weighted by Crippen LogP contribution is -2.38. The lowest BCUT2D eigenvalue weighted by molar-refractivity contribution is 0.0690. The number of nitrogens with zero attached hydrogens (tertiary/aromatic N) is 1. The van der Waals surface area contributed by atoms with Crippen molar-refractivity contribution in [2.24, 2.45) is 0 Å². The predicted octanol–water partition coefficient (Wildman–Crippen LogP) is 3.32. The second-order valence-electron chi connectivity index (χ2n) is 5.41. The van der Waals surface area contributed by atoms with Crippen molar-refractivity contribution in [3.05, 3.63) is 34.9 Å². The van der Waals surface area contributed by atoms with E-state index in [0.717, 1.165) is 29.5 Å². The molecule has 0 saturated heterocycles. The highest BCUT2D eigenvalue weighted by atomic mass is 16.2. The summed E-state index contributed by atoms with van der Waals surface area (Å²) in [6.45, 7) is 8.28. The molecule has 0 aliphatic heterocycles. The van der Waals surface area contributed by atoms with Crippen molar-refractivity contribution in [3.8, 4) is 0 Å². The van der Waals surface area contributed by atoms with Gasteiger partial charge < -0.3 is 4.90 Å². The van der Waals surface area contributed by atoms with Crippen LogP contribution < -0.4 is 0 Å². The molecule has 1 fully saturated rings. The van der Waals surface area contributed by atoms with E-state index in [0.29, 0.717) is 6.04 Å². The minimum absolute atomic E-state index is 0.189. The minimum atomic E-state index is 0.189. The van der Waals surface area contributed by atoms with Gasteiger partial charge in [-0.3, -0.25) is 4.79 Å². The maximum absolute atomic E-state index is 12.5. The molecule has 2 rings (SSSR count). The van der Waals surface area contributed by atoms with Gasteiger partial charge in [-0.2, -0.15) is 0 Å². The number of rotatable bonds is 3. The summed E-state index contributed by atoms with van der Waals surface area (Å²) in [5.41, 5.74) is 3.16. The summed E-state index contributed by atoms with van der Waals surface area (Å²) in [6, 6.07) is 6.85. The average Bonchev–Trinajstić information content (AvgIpc) is 2.99. The van der Waals surface area contributed by atoms with Crippen molar-refractivity contribution in [3.63, 3.8) is 0 Å². The Labute approximate surface area is 104 Å². The monoisotopic (exact) mass is 231 g/mol. The smallest absolute Gasteiger partial charge is 0.254 e. The van der Waals surface area contributed by atoms with Crippen molar-refractivity contribution in [1.82, 2.24) is 4.90 Å². The first-order valence-electron chi connectivity index (χ1n) is 6.40. The van der Waals surface area contributed by atoms with Gasteiger partial charge in [-0.15, -0.1) is 0 Å². The maximum atomic E-state index is 12.5. The molecule has 0 radical (unpaired) electrons. The van der Waals surface area contributed by atoms with Gasteiger partial charge in [0.15, 0.2) is 0 Å². The Morgan fingerprint density at radius 1 is 1.18 bits per heavy atom. The van der Waals surface area contributed by atoms with Crippen LogP contribution in [0.4, 0.5) is 0 Å². The van der Waals surface area contributed by atoms with Gasteiger partial charge in [0, 0.05) is 17.6 Å². The molecule has 0 spiro atoms. The third kappa shape index (κ3) is 2.68. The molecule has 0 bridgehead atoms. The van der Waals surface area contributed by atoms with Gasteiger partial charge in [-0.25, -0.2) is 0 Å². The zero-order valence-electron chi connectivity index (χ0n) is 11.2. The van der Waals surface area contributed by atoms with Crippen LogP contribution in [0.3, 0.4) is 0 Å². The van der Waals surface area contributed by atoms with E-state index < -0.39 is 0 Å². The zero-order chi connectivity index (χ0) is 12.6. The highest BCUT2D eigenvalue weighted by Gasteiger charge is 2.34. The van der Waals surface area contributed by atoms with Crippen LogP contribution in [0.5, 0.6) is 0 Å². The Hall–Kier alpha value is -1.31. The number of hydrogen-bond donors (Lipinski definition) is 0. The van der Waals surface area contributed by atoms with Gasteiger partial charge in [0.1, 0.15) is 0 Å². The average molecular weight is 231 g/mol. The number of carbonyl (C=O) groups is 1. The van der Waals surface area contributed by atoms with Crippen molar-refractivity contribution >= 4 is 5.91 Å². The van der Waals surface area contributed by atoms with E-state index in [1.54, 1.807) is 0 Å². The molecule has 1 amide bonds. The molecule has 92 valence electrons. The van der Waals surface area contributed by atoms with Gasteiger partial charge in [0.2, 0.25) is 0 Å². The summed E-state index contributed by atoms with van der Waals surface area (Å²) in [6.07, 6.45) is 2.32. The first-order chi connectivity index (χ1) is 7.99. The maximum Gasteiger partial charge on any atom is 0.254 e. The van der Waals surface area contributed by atoms with Crippen molar-refractivity contribution in [2.45, 2.75) is 52.6 Å². The van der Waals surface area contributed by atoms with Crippen LogP contribution in [0.2, 0.25) is 0 Å². The first-order valence-corrected chi connectivity index (χ1v) is 6.40. The van der Waals surface area contributed by atoms with E-state index in [1.807, 2.05) is 30.9 Å². The van der Waals surface area contributed by atoms with Crippen LogP contribution in [0.25, 0.3) is 0 Å². The number of aryl methyl sites for hydroxylation is 2. The second-order valence-corrected chi connectivity index (χ2v) is 5.41. The highest BCUT2D eigenvalue weighted by molar-refractivity contribution is 5.95. The summed E-state index contributed by atoms with van der Waals surface area (Å²) in [4.78, 5) is 14.5. The molecule has 1 aromatic rings. The fraction of sp³-hybridized carbons (Fsp3) is 0.533. The molecule has 2 nitrogen and oxygen atoms in total. The molecule has 1 aromatic carbocycles. The normalized spacial score (nSPS) is 15.1. The van der Waals surface area contributed by atoms with Gasteiger partial charge in [0.05, 0.1) is 0 Å². The Bertz CT molecular complexity index is 410. The summed E-state index contributed by atoms with van der Waals surface area (Å²) in [5.74, 6) is 0.189. The zero-order valence-corrected chi connectivity index (χ0v) is 11.2. The van der Waals surface area contributed by atoms with Crippen molar-refractivity contribution < 1.29 is 4.79 Å². The van der Waals surface area contributed by atoms with E-state index in [2.05, 4.69) is 19.9 Å². The summed E-state index contributed by atoms with van der Waals surface area (Å²) in [7, 11) is 0. The van der Waals surface area contributed by atoms with Crippen molar-refractivity contribution in [2.75, 3.05) is 0 Å². The fourth-order valence-corrected chi connectivity index (χ4v) is 2.42. The van der Waals surface area contributed by atoms with Crippen LogP contribution in [0.1, 0.15) is 48.2 Å². The molecule has 0 atom stereocenters. The SMILES string of the molecule is Cc1cc(C)cc(C(=O)N(C(C)C)C2CC2)c1. The summed E-state index contributed by atoms with van der Waals surface area (Å²) in [5, 5.41) is 0. The quantitative estimate of drug-likeness (QED) is 0.781. The molecular formula is C15H21NO. The number of amides is 1. The molecule has 0 unspecified atom stereocenters. The van der Waals surface area contributed by atoms with Crippen molar-refractivity contribution in [1.29, 1.82) is 0 Å². The first kappa shape index (κ1) is 12.2. The molecule has 2 heteroatoms. The van der Waals surface area contributed by atoms with E-state index in [1.165, 1.54) is 0 Å². The van der Waals surface area contributed by atoms with E-state index in [9.17, 15) is 4.79 Å². The van der Waals surface area contributed by atoms with Gasteiger partial charge in [0.25, 0.3) is 5.91 Å². The molecule has 1 saturated carbocycles. The fourth-order valence-electron chi connectivity index (χ4n) is 2.42. The lowest BCUT2D eigenvalue weighted by atomic mass is 10.1. The molecular weight excluding hydrogens is 210 g/mol. The number of carbonyl (C=O) groups excluding carboxylic acids is 1. The van der Waals surface area contributed by atoms with Crippen LogP contribution in [0, 0.1) is 13.8 Å². The van der Waals surface area contributed by atoms with Gasteiger partial charge in [-0.05, 0) is 52.7 Å².